The highest BCUT2D eigenvalue weighted by molar-refractivity contribution is 5.83. The Morgan fingerprint density at radius 2 is 1.93 bits per heavy atom. The van der Waals surface area contributed by atoms with E-state index in [2.05, 4.69) is 10.5 Å². The van der Waals surface area contributed by atoms with E-state index >= 15 is 0 Å². The van der Waals surface area contributed by atoms with E-state index in [0.29, 0.717) is 11.5 Å². The number of aryl methyl sites for hydroxylation is 1. The first-order valence-corrected chi connectivity index (χ1v) is 8.66. The molecule has 3 aromatic rings. The molecule has 0 saturated carbocycles. The van der Waals surface area contributed by atoms with Gasteiger partial charge in [0.1, 0.15) is 17.6 Å². The van der Waals surface area contributed by atoms with Gasteiger partial charge in [-0.15, -0.1) is 0 Å². The minimum Gasteiger partial charge on any atom is -0.359 e. The first kappa shape index (κ1) is 18.8. The van der Waals surface area contributed by atoms with Gasteiger partial charge in [-0.25, -0.2) is 4.39 Å². The molecule has 0 fully saturated rings. The summed E-state index contributed by atoms with van der Waals surface area (Å²) in [6, 6.07) is 15.2. The number of hydrogen-bond donors (Lipinski definition) is 1. The zero-order valence-electron chi connectivity index (χ0n) is 15.6. The minimum atomic E-state index is -0.399. The maximum absolute atomic E-state index is 13.0. The van der Waals surface area contributed by atoms with Crippen molar-refractivity contribution in [3.63, 3.8) is 0 Å². The van der Waals surface area contributed by atoms with Crippen molar-refractivity contribution in [1.29, 1.82) is 0 Å². The zero-order valence-corrected chi connectivity index (χ0v) is 15.6. The second-order valence-electron chi connectivity index (χ2n) is 6.68. The maximum atomic E-state index is 13.0. The lowest BCUT2D eigenvalue weighted by Gasteiger charge is -2.24. The Labute approximate surface area is 157 Å². The number of nitrogens with one attached hydrogen (secondary N) is 1. The Hall–Kier alpha value is -2.99. The van der Waals surface area contributed by atoms with Crippen molar-refractivity contribution in [2.24, 2.45) is 0 Å². The molecule has 1 N–H and O–H groups in total. The van der Waals surface area contributed by atoms with E-state index in [9.17, 15) is 9.18 Å². The molecule has 5 nitrogen and oxygen atoms in total. The van der Waals surface area contributed by atoms with Gasteiger partial charge in [-0.3, -0.25) is 9.69 Å². The van der Waals surface area contributed by atoms with Gasteiger partial charge in [-0.2, -0.15) is 0 Å². The Bertz CT molecular complexity index is 919. The average Bonchev–Trinajstić information content (AvgIpc) is 3.09. The van der Waals surface area contributed by atoms with Crippen LogP contribution in [0, 0.1) is 12.7 Å². The van der Waals surface area contributed by atoms with Crippen molar-refractivity contribution < 1.29 is 13.7 Å². The molecule has 0 aliphatic carbocycles. The van der Waals surface area contributed by atoms with Gasteiger partial charge in [0.05, 0.1) is 6.54 Å². The molecule has 1 atom stereocenters. The predicted octanol–water partition coefficient (Wildman–Crippen LogP) is 3.71. The minimum absolute atomic E-state index is 0.120. The molecule has 2 aromatic carbocycles. The molecule has 1 amide bonds. The Morgan fingerprint density at radius 3 is 2.59 bits per heavy atom. The number of rotatable bonds is 6. The molecular formula is C21H22FN3O2. The van der Waals surface area contributed by atoms with Crippen molar-refractivity contribution in [2.75, 3.05) is 14.1 Å². The summed E-state index contributed by atoms with van der Waals surface area (Å²) in [5, 5.41) is 6.88. The molecule has 0 spiro atoms. The summed E-state index contributed by atoms with van der Waals surface area (Å²) in [7, 11) is 3.74. The van der Waals surface area contributed by atoms with Crippen molar-refractivity contribution in [1.82, 2.24) is 15.4 Å². The van der Waals surface area contributed by atoms with E-state index in [1.807, 2.05) is 50.2 Å². The number of likely N-dealkylation sites (N-methyl/N-ethyl adjacent to an activating group) is 1. The largest absolute Gasteiger partial charge is 0.359 e. The van der Waals surface area contributed by atoms with Crippen LogP contribution in [-0.2, 0) is 11.3 Å². The second-order valence-corrected chi connectivity index (χ2v) is 6.68. The van der Waals surface area contributed by atoms with E-state index in [4.69, 9.17) is 4.52 Å². The van der Waals surface area contributed by atoms with Gasteiger partial charge < -0.3 is 9.84 Å². The Balaban J connectivity index is 1.68. The third-order valence-electron chi connectivity index (χ3n) is 4.26. The van der Waals surface area contributed by atoms with Gasteiger partial charge in [-0.1, -0.05) is 35.0 Å². The fraction of sp³-hybridized carbons (Fsp3) is 0.238. The summed E-state index contributed by atoms with van der Waals surface area (Å²) in [5.74, 6) is 0.107. The van der Waals surface area contributed by atoms with Crippen molar-refractivity contribution in [3.05, 3.63) is 77.3 Å². The highest BCUT2D eigenvalue weighted by Crippen LogP contribution is 2.21. The SMILES string of the molecule is Cc1cccc([C@H](C(=O)NCc2cc(-c3ccc(F)cc3)no2)N(C)C)c1. The summed E-state index contributed by atoms with van der Waals surface area (Å²) in [5.41, 5.74) is 3.39. The molecular weight excluding hydrogens is 345 g/mol. The van der Waals surface area contributed by atoms with E-state index in [0.717, 1.165) is 16.7 Å². The molecule has 3 rings (SSSR count). The van der Waals surface area contributed by atoms with Gasteiger partial charge in [0.25, 0.3) is 0 Å². The second kappa shape index (κ2) is 8.14. The van der Waals surface area contributed by atoms with E-state index in [1.165, 1.54) is 12.1 Å². The van der Waals surface area contributed by atoms with Gasteiger partial charge in [0, 0.05) is 11.6 Å². The average molecular weight is 367 g/mol. The zero-order chi connectivity index (χ0) is 19.4. The van der Waals surface area contributed by atoms with Crippen molar-refractivity contribution in [2.45, 2.75) is 19.5 Å². The maximum Gasteiger partial charge on any atom is 0.242 e. The first-order chi connectivity index (χ1) is 12.9. The molecule has 0 aliphatic heterocycles. The number of nitrogens with zero attached hydrogens (tertiary/aromatic N) is 2. The Morgan fingerprint density at radius 1 is 1.19 bits per heavy atom. The molecule has 0 radical (unpaired) electrons. The van der Waals surface area contributed by atoms with Crippen LogP contribution in [0.1, 0.15) is 22.9 Å². The molecule has 1 aromatic heterocycles. The van der Waals surface area contributed by atoms with Crippen LogP contribution in [0.5, 0.6) is 0 Å². The monoisotopic (exact) mass is 367 g/mol. The summed E-state index contributed by atoms with van der Waals surface area (Å²) < 4.78 is 18.3. The summed E-state index contributed by atoms with van der Waals surface area (Å²) in [6.45, 7) is 2.23. The lowest BCUT2D eigenvalue weighted by molar-refractivity contribution is -0.126. The number of carbonyl (C=O) groups excluding carboxylic acids is 1. The molecule has 140 valence electrons. The Kier molecular flexibility index (Phi) is 5.66. The van der Waals surface area contributed by atoms with Crippen LogP contribution >= 0.6 is 0 Å². The van der Waals surface area contributed by atoms with Crippen LogP contribution < -0.4 is 5.32 Å². The molecule has 0 aliphatic rings. The van der Waals surface area contributed by atoms with E-state index in [-0.39, 0.29) is 18.3 Å². The molecule has 0 saturated heterocycles. The van der Waals surface area contributed by atoms with Crippen molar-refractivity contribution >= 4 is 5.91 Å². The van der Waals surface area contributed by atoms with Crippen LogP contribution in [0.15, 0.2) is 59.1 Å². The normalized spacial score (nSPS) is 12.2. The highest BCUT2D eigenvalue weighted by atomic mass is 19.1. The van der Waals surface area contributed by atoms with Gasteiger partial charge in [0.15, 0.2) is 5.76 Å². The first-order valence-electron chi connectivity index (χ1n) is 8.66. The highest BCUT2D eigenvalue weighted by Gasteiger charge is 2.23. The third kappa shape index (κ3) is 4.60. The number of aromatic nitrogens is 1. The predicted molar refractivity (Wildman–Crippen MR) is 101 cm³/mol. The molecule has 6 heteroatoms. The molecule has 1 heterocycles. The smallest absolute Gasteiger partial charge is 0.242 e. The standard InChI is InChI=1S/C21H22FN3O2/c1-14-5-4-6-16(11-14)20(25(2)3)21(26)23-13-18-12-19(24-27-18)15-7-9-17(22)10-8-15/h4-12,20H,13H2,1-3H3,(H,23,26)/t20-/m1/s1. The molecule has 0 bridgehead atoms. The molecule has 0 unspecified atom stereocenters. The topological polar surface area (TPSA) is 58.4 Å². The van der Waals surface area contributed by atoms with Crippen LogP contribution in [0.4, 0.5) is 4.39 Å². The number of carbonyl (C=O) groups is 1. The van der Waals surface area contributed by atoms with Crippen LogP contribution in [0.25, 0.3) is 11.3 Å². The fourth-order valence-electron chi connectivity index (χ4n) is 2.95. The van der Waals surface area contributed by atoms with Crippen molar-refractivity contribution in [3.8, 4) is 11.3 Å². The third-order valence-corrected chi connectivity index (χ3v) is 4.26. The fourth-order valence-corrected chi connectivity index (χ4v) is 2.95. The number of amides is 1. The van der Waals surface area contributed by atoms with Gasteiger partial charge >= 0.3 is 0 Å². The van der Waals surface area contributed by atoms with Crippen LogP contribution in [0.3, 0.4) is 0 Å². The number of hydrogen-bond acceptors (Lipinski definition) is 4. The lowest BCUT2D eigenvalue weighted by atomic mass is 10.0. The van der Waals surface area contributed by atoms with Crippen LogP contribution in [0.2, 0.25) is 0 Å². The summed E-state index contributed by atoms with van der Waals surface area (Å²) in [4.78, 5) is 14.6. The lowest BCUT2D eigenvalue weighted by Crippen LogP contribution is -2.36. The number of halogens is 1. The quantitative estimate of drug-likeness (QED) is 0.722. The van der Waals surface area contributed by atoms with Gasteiger partial charge in [-0.05, 0) is 50.8 Å². The summed E-state index contributed by atoms with van der Waals surface area (Å²) >= 11 is 0. The molecule has 27 heavy (non-hydrogen) atoms. The van der Waals surface area contributed by atoms with Crippen LogP contribution in [-0.4, -0.2) is 30.1 Å². The summed E-state index contributed by atoms with van der Waals surface area (Å²) in [6.07, 6.45) is 0. The van der Waals surface area contributed by atoms with E-state index < -0.39 is 6.04 Å². The number of benzene rings is 2. The van der Waals surface area contributed by atoms with E-state index in [1.54, 1.807) is 18.2 Å². The van der Waals surface area contributed by atoms with Gasteiger partial charge in [0.2, 0.25) is 5.91 Å².